The molecule has 3 heterocycles. The molecule has 12 rings (SSSR count). The van der Waals surface area contributed by atoms with E-state index >= 15 is 0 Å². The van der Waals surface area contributed by atoms with Crippen molar-refractivity contribution >= 4 is 99.2 Å². The molecule has 0 unspecified atom stereocenters. The first-order valence-corrected chi connectivity index (χ1v) is 21.6. The van der Waals surface area contributed by atoms with Gasteiger partial charge in [-0.05, 0) is 89.3 Å². The zero-order chi connectivity index (χ0) is 38.9. The second-order valence-corrected chi connectivity index (χ2v) is 17.1. The molecular formula is C54H35N3S2. The minimum Gasteiger partial charge on any atom is -0.310 e. The molecule has 0 saturated carbocycles. The van der Waals surface area contributed by atoms with Crippen molar-refractivity contribution in [2.45, 2.75) is 9.79 Å². The van der Waals surface area contributed by atoms with Gasteiger partial charge >= 0.3 is 0 Å². The highest BCUT2D eigenvalue weighted by molar-refractivity contribution is 8.00. The average Bonchev–Trinajstić information content (AvgIpc) is 3.84. The van der Waals surface area contributed by atoms with E-state index < -0.39 is 0 Å². The molecule has 0 atom stereocenters. The third-order valence-electron chi connectivity index (χ3n) is 11.5. The van der Waals surface area contributed by atoms with E-state index in [0.717, 1.165) is 39.9 Å². The molecule has 5 heteroatoms. The first kappa shape index (κ1) is 34.0. The van der Waals surface area contributed by atoms with Crippen LogP contribution < -0.4 is 9.80 Å². The lowest BCUT2D eigenvalue weighted by Crippen LogP contribution is -2.19. The third kappa shape index (κ3) is 5.58. The Morgan fingerprint density at radius 2 is 1.05 bits per heavy atom. The predicted octanol–water partition coefficient (Wildman–Crippen LogP) is 16.2. The molecule has 0 aliphatic carbocycles. The van der Waals surface area contributed by atoms with Crippen molar-refractivity contribution in [2.24, 2.45) is 0 Å². The number of fused-ring (bicyclic) bond motifs is 8. The van der Waals surface area contributed by atoms with Crippen LogP contribution in [-0.4, -0.2) is 4.57 Å². The van der Waals surface area contributed by atoms with Crippen molar-refractivity contribution in [1.82, 2.24) is 4.57 Å². The van der Waals surface area contributed by atoms with Crippen molar-refractivity contribution < 1.29 is 0 Å². The van der Waals surface area contributed by atoms with Crippen LogP contribution >= 0.6 is 23.1 Å². The Kier molecular flexibility index (Phi) is 7.96. The molecule has 1 aliphatic rings. The molecule has 0 spiro atoms. The number of nitrogens with zero attached hydrogens (tertiary/aromatic N) is 3. The zero-order valence-electron chi connectivity index (χ0n) is 31.9. The molecule has 0 saturated heterocycles. The van der Waals surface area contributed by atoms with Gasteiger partial charge in [-0.3, -0.25) is 9.47 Å². The van der Waals surface area contributed by atoms with Crippen LogP contribution in [-0.2, 0) is 0 Å². The van der Waals surface area contributed by atoms with E-state index in [4.69, 9.17) is 0 Å². The monoisotopic (exact) mass is 789 g/mol. The van der Waals surface area contributed by atoms with Crippen LogP contribution in [0.5, 0.6) is 0 Å². The number of para-hydroxylation sites is 3. The first-order valence-electron chi connectivity index (χ1n) is 19.9. The number of benzene rings is 9. The Balaban J connectivity index is 1.08. The highest BCUT2D eigenvalue weighted by Crippen LogP contribution is 2.57. The van der Waals surface area contributed by atoms with Gasteiger partial charge < -0.3 is 4.90 Å². The average molecular weight is 790 g/mol. The molecule has 0 fully saturated rings. The van der Waals surface area contributed by atoms with E-state index in [1.807, 2.05) is 23.1 Å². The summed E-state index contributed by atoms with van der Waals surface area (Å²) in [5.74, 6) is 1.15. The summed E-state index contributed by atoms with van der Waals surface area (Å²) in [6.07, 6.45) is 0. The maximum absolute atomic E-state index is 2.47. The zero-order valence-corrected chi connectivity index (χ0v) is 33.5. The van der Waals surface area contributed by atoms with Gasteiger partial charge in [0.15, 0.2) is 0 Å². The Bertz CT molecular complexity index is 3370. The van der Waals surface area contributed by atoms with Crippen LogP contribution in [0.15, 0.2) is 222 Å². The molecular weight excluding hydrogens is 755 g/mol. The summed E-state index contributed by atoms with van der Waals surface area (Å²) in [7, 11) is 0. The molecule has 2 aromatic heterocycles. The SMILES string of the molecule is c1ccc(-c2ccc3c(c2)sc2cc(N(c4ccc5c(c4)N(c4ccccc4)c4c(c6ccccc6n4-c4ccccc4)S5)c4cccc5ccccc45)ccc23)cc1. The summed E-state index contributed by atoms with van der Waals surface area (Å²) in [5.41, 5.74) is 10.4. The molecule has 0 bridgehead atoms. The highest BCUT2D eigenvalue weighted by atomic mass is 32.2. The van der Waals surface area contributed by atoms with E-state index in [2.05, 4.69) is 227 Å². The Morgan fingerprint density at radius 3 is 1.86 bits per heavy atom. The minimum absolute atomic E-state index is 1.10. The summed E-state index contributed by atoms with van der Waals surface area (Å²) in [6.45, 7) is 0. The standard InChI is InChI=1S/C54H35N3S2/c1-4-15-36(16-5-1)38-27-30-44-45-31-28-42(35-52(45)58-51(44)33-38)55(47-26-14-18-37-17-10-11-23-43(37)47)41-29-32-50-49(34-41)57(40-21-8-3-9-22-40)54-53(59-50)46-24-12-13-25-48(46)56(54)39-19-6-2-7-20-39/h1-35H. The van der Waals surface area contributed by atoms with Gasteiger partial charge in [0.05, 0.1) is 21.8 Å². The van der Waals surface area contributed by atoms with Crippen LogP contribution in [0, 0.1) is 0 Å². The number of rotatable bonds is 6. The summed E-state index contributed by atoms with van der Waals surface area (Å²) in [4.78, 5) is 7.40. The molecule has 59 heavy (non-hydrogen) atoms. The number of aromatic nitrogens is 1. The quantitative estimate of drug-likeness (QED) is 0.166. The molecule has 9 aromatic carbocycles. The lowest BCUT2D eigenvalue weighted by molar-refractivity contribution is 1.03. The van der Waals surface area contributed by atoms with Crippen LogP contribution in [0.3, 0.4) is 0 Å². The topological polar surface area (TPSA) is 11.4 Å². The maximum atomic E-state index is 2.47. The normalized spacial score (nSPS) is 12.3. The molecule has 11 aromatic rings. The van der Waals surface area contributed by atoms with Crippen molar-refractivity contribution in [3.8, 4) is 16.8 Å². The Labute approximate surface area is 350 Å². The number of hydrogen-bond donors (Lipinski definition) is 0. The van der Waals surface area contributed by atoms with Gasteiger partial charge in [0.25, 0.3) is 0 Å². The lowest BCUT2D eigenvalue weighted by Gasteiger charge is -2.34. The van der Waals surface area contributed by atoms with Crippen molar-refractivity contribution in [3.63, 3.8) is 0 Å². The van der Waals surface area contributed by atoms with Crippen molar-refractivity contribution in [2.75, 3.05) is 9.80 Å². The van der Waals surface area contributed by atoms with Crippen LogP contribution in [0.25, 0.3) is 58.7 Å². The van der Waals surface area contributed by atoms with Gasteiger partial charge in [-0.1, -0.05) is 151 Å². The van der Waals surface area contributed by atoms with Crippen LogP contribution in [0.1, 0.15) is 0 Å². The fourth-order valence-electron chi connectivity index (χ4n) is 8.85. The van der Waals surface area contributed by atoms with Gasteiger partial charge in [-0.25, -0.2) is 0 Å². The van der Waals surface area contributed by atoms with E-state index in [0.29, 0.717) is 0 Å². The van der Waals surface area contributed by atoms with Crippen LogP contribution in [0.4, 0.5) is 34.3 Å². The summed E-state index contributed by atoms with van der Waals surface area (Å²) in [5, 5.41) is 6.24. The number of anilines is 6. The van der Waals surface area contributed by atoms with E-state index in [1.54, 1.807) is 0 Å². The van der Waals surface area contributed by atoms with E-state index in [9.17, 15) is 0 Å². The lowest BCUT2D eigenvalue weighted by atomic mass is 10.0. The van der Waals surface area contributed by atoms with Crippen molar-refractivity contribution in [3.05, 3.63) is 212 Å². The fourth-order valence-corrected chi connectivity index (χ4v) is 11.2. The van der Waals surface area contributed by atoms with Crippen molar-refractivity contribution in [1.29, 1.82) is 0 Å². The smallest absolute Gasteiger partial charge is 0.137 e. The van der Waals surface area contributed by atoms with Gasteiger partial charge in [-0.15, -0.1) is 11.3 Å². The van der Waals surface area contributed by atoms with Gasteiger partial charge in [0.2, 0.25) is 0 Å². The summed E-state index contributed by atoms with van der Waals surface area (Å²) >= 11 is 3.73. The second-order valence-electron chi connectivity index (χ2n) is 15.0. The molecule has 1 aliphatic heterocycles. The van der Waals surface area contributed by atoms with Crippen LogP contribution in [0.2, 0.25) is 0 Å². The Hall–Kier alpha value is -7.05. The van der Waals surface area contributed by atoms with Gasteiger partial charge in [-0.2, -0.15) is 0 Å². The maximum Gasteiger partial charge on any atom is 0.137 e. The number of thiophene rings is 1. The molecule has 278 valence electrons. The summed E-state index contributed by atoms with van der Waals surface area (Å²) < 4.78 is 5.00. The Morgan fingerprint density at radius 1 is 0.424 bits per heavy atom. The van der Waals surface area contributed by atoms with E-state index in [-0.39, 0.29) is 0 Å². The second kappa shape index (κ2) is 13.8. The largest absolute Gasteiger partial charge is 0.310 e. The highest BCUT2D eigenvalue weighted by Gasteiger charge is 2.33. The number of hydrogen-bond acceptors (Lipinski definition) is 4. The van der Waals surface area contributed by atoms with E-state index in [1.165, 1.54) is 62.8 Å². The summed E-state index contributed by atoms with van der Waals surface area (Å²) in [6, 6.07) is 77.4. The molecule has 0 radical (unpaired) electrons. The third-order valence-corrected chi connectivity index (χ3v) is 13.8. The molecule has 0 amide bonds. The molecule has 3 nitrogen and oxygen atoms in total. The first-order chi connectivity index (χ1) is 29.3. The van der Waals surface area contributed by atoms with Gasteiger partial charge in [0, 0.05) is 58.6 Å². The van der Waals surface area contributed by atoms with Gasteiger partial charge in [0.1, 0.15) is 5.82 Å². The predicted molar refractivity (Wildman–Crippen MR) is 253 cm³/mol. The minimum atomic E-state index is 1.10. The molecule has 0 N–H and O–H groups in total. The fraction of sp³-hybridized carbons (Fsp3) is 0.